The monoisotopic (exact) mass is 382 g/mol. The Balaban J connectivity index is 0.00000243. The highest BCUT2D eigenvalue weighted by molar-refractivity contribution is 5.85. The first kappa shape index (κ1) is 20.8. The van der Waals surface area contributed by atoms with Crippen LogP contribution in [0, 0.1) is 5.41 Å². The average Bonchev–Trinajstić information content (AvgIpc) is 3.14. The minimum absolute atomic E-state index is 0. The molecule has 6 heteroatoms. The molecule has 1 aromatic carbocycles. The Labute approximate surface area is 162 Å². The highest BCUT2D eigenvalue weighted by Gasteiger charge is 2.43. The number of rotatable bonds is 6. The number of para-hydroxylation sites is 2. The molecule has 1 saturated carbocycles. The van der Waals surface area contributed by atoms with Crippen molar-refractivity contribution in [1.29, 1.82) is 0 Å². The maximum absolute atomic E-state index is 12.9. The molecule has 1 amide bonds. The van der Waals surface area contributed by atoms with Crippen LogP contribution in [0.1, 0.15) is 45.4 Å². The van der Waals surface area contributed by atoms with Gasteiger partial charge >= 0.3 is 0 Å². The molecule has 0 bridgehead atoms. The molecule has 2 aliphatic rings. The molecule has 1 aromatic rings. The zero-order valence-corrected chi connectivity index (χ0v) is 16.4. The minimum atomic E-state index is -0.296. The van der Waals surface area contributed by atoms with Crippen molar-refractivity contribution in [2.75, 3.05) is 26.2 Å². The summed E-state index contributed by atoms with van der Waals surface area (Å²) in [7, 11) is 0. The lowest BCUT2D eigenvalue weighted by atomic mass is 9.84. The molecule has 1 heterocycles. The fraction of sp³-hybridized carbons (Fsp3) is 0.650. The third-order valence-electron chi connectivity index (χ3n) is 5.58. The molecule has 0 unspecified atom stereocenters. The molecule has 1 aliphatic heterocycles. The lowest BCUT2D eigenvalue weighted by Crippen LogP contribution is -2.50. The number of piperidine rings is 1. The van der Waals surface area contributed by atoms with Gasteiger partial charge in [0.2, 0.25) is 5.91 Å². The summed E-state index contributed by atoms with van der Waals surface area (Å²) in [5.41, 5.74) is 5.67. The zero-order chi connectivity index (χ0) is 17.7. The van der Waals surface area contributed by atoms with E-state index < -0.39 is 0 Å². The second-order valence-corrected chi connectivity index (χ2v) is 7.18. The van der Waals surface area contributed by atoms with Crippen molar-refractivity contribution in [1.82, 2.24) is 4.90 Å². The molecule has 2 N–H and O–H groups in total. The van der Waals surface area contributed by atoms with E-state index in [1.54, 1.807) is 0 Å². The lowest BCUT2D eigenvalue weighted by Gasteiger charge is -2.38. The van der Waals surface area contributed by atoms with E-state index in [1.165, 1.54) is 0 Å². The largest absolute Gasteiger partial charge is 0.490 e. The fourth-order valence-electron chi connectivity index (χ4n) is 4.07. The number of hydrogen-bond donors (Lipinski definition) is 1. The van der Waals surface area contributed by atoms with Crippen LogP contribution in [0.15, 0.2) is 24.3 Å². The first-order chi connectivity index (χ1) is 12.2. The van der Waals surface area contributed by atoms with Crippen LogP contribution in [0.2, 0.25) is 0 Å². The van der Waals surface area contributed by atoms with Gasteiger partial charge in [-0.05, 0) is 31.9 Å². The van der Waals surface area contributed by atoms with E-state index in [0.717, 1.165) is 63.1 Å². The standard InChI is InChI=1S/C20H30N2O3.ClH/c1-2-24-17-7-3-4-8-18(17)25-16-9-13-22(14-10-16)19(23)20(15-21)11-5-6-12-20;/h3-4,7-8,16H,2,5-6,9-15,21H2,1H3;1H. The highest BCUT2D eigenvalue weighted by atomic mass is 35.5. The van der Waals surface area contributed by atoms with Gasteiger partial charge in [0, 0.05) is 32.5 Å². The number of carbonyl (C=O) groups excluding carboxylic acids is 1. The summed E-state index contributed by atoms with van der Waals surface area (Å²) in [5, 5.41) is 0. The summed E-state index contributed by atoms with van der Waals surface area (Å²) in [4.78, 5) is 14.9. The van der Waals surface area contributed by atoms with Crippen molar-refractivity contribution < 1.29 is 14.3 Å². The van der Waals surface area contributed by atoms with Gasteiger partial charge in [-0.1, -0.05) is 25.0 Å². The Morgan fingerprint density at radius 1 is 1.19 bits per heavy atom. The molecule has 0 atom stereocenters. The molecule has 0 aromatic heterocycles. The van der Waals surface area contributed by atoms with Gasteiger partial charge in [-0.3, -0.25) is 4.79 Å². The molecule has 1 saturated heterocycles. The van der Waals surface area contributed by atoms with Crippen LogP contribution in [0.25, 0.3) is 0 Å². The number of ether oxygens (including phenoxy) is 2. The Kier molecular flexibility index (Phi) is 7.59. The molecule has 0 radical (unpaired) electrons. The topological polar surface area (TPSA) is 64.8 Å². The first-order valence-corrected chi connectivity index (χ1v) is 9.56. The number of benzene rings is 1. The molecule has 2 fully saturated rings. The number of halogens is 1. The van der Waals surface area contributed by atoms with Crippen LogP contribution in [0.3, 0.4) is 0 Å². The smallest absolute Gasteiger partial charge is 0.230 e. The van der Waals surface area contributed by atoms with E-state index in [2.05, 4.69) is 0 Å². The van der Waals surface area contributed by atoms with E-state index in [9.17, 15) is 4.79 Å². The molecule has 3 rings (SSSR count). The molecule has 146 valence electrons. The predicted molar refractivity (Wildman–Crippen MR) is 105 cm³/mol. The van der Waals surface area contributed by atoms with Crippen LogP contribution >= 0.6 is 12.4 Å². The summed E-state index contributed by atoms with van der Waals surface area (Å²) >= 11 is 0. The number of carbonyl (C=O) groups is 1. The van der Waals surface area contributed by atoms with E-state index in [4.69, 9.17) is 15.2 Å². The summed E-state index contributed by atoms with van der Waals surface area (Å²) in [6.07, 6.45) is 5.97. The van der Waals surface area contributed by atoms with Crippen molar-refractivity contribution in [3.63, 3.8) is 0 Å². The summed E-state index contributed by atoms with van der Waals surface area (Å²) in [6, 6.07) is 7.79. The summed E-state index contributed by atoms with van der Waals surface area (Å²) in [6.45, 7) is 4.57. The van der Waals surface area contributed by atoms with Crippen LogP contribution < -0.4 is 15.2 Å². The Bertz CT molecular complexity index is 582. The van der Waals surface area contributed by atoms with Crippen molar-refractivity contribution in [2.24, 2.45) is 11.1 Å². The second kappa shape index (κ2) is 9.47. The van der Waals surface area contributed by atoms with Crippen LogP contribution in [0.4, 0.5) is 0 Å². The number of hydrogen-bond acceptors (Lipinski definition) is 4. The van der Waals surface area contributed by atoms with Gasteiger partial charge in [0.15, 0.2) is 11.5 Å². The van der Waals surface area contributed by atoms with E-state index in [-0.39, 0.29) is 29.8 Å². The predicted octanol–water partition coefficient (Wildman–Crippen LogP) is 3.40. The Morgan fingerprint density at radius 3 is 2.38 bits per heavy atom. The molecule has 0 spiro atoms. The molecule has 5 nitrogen and oxygen atoms in total. The van der Waals surface area contributed by atoms with Crippen molar-refractivity contribution in [2.45, 2.75) is 51.6 Å². The lowest BCUT2D eigenvalue weighted by molar-refractivity contribution is -0.143. The number of likely N-dealkylation sites (tertiary alicyclic amines) is 1. The Hall–Kier alpha value is -1.46. The van der Waals surface area contributed by atoms with Crippen molar-refractivity contribution in [3.8, 4) is 11.5 Å². The number of amides is 1. The van der Waals surface area contributed by atoms with Crippen LogP contribution in [-0.4, -0.2) is 43.2 Å². The van der Waals surface area contributed by atoms with E-state index in [1.807, 2.05) is 36.1 Å². The van der Waals surface area contributed by atoms with Gasteiger partial charge in [-0.25, -0.2) is 0 Å². The van der Waals surface area contributed by atoms with Crippen LogP contribution in [-0.2, 0) is 4.79 Å². The number of nitrogens with zero attached hydrogens (tertiary/aromatic N) is 1. The summed E-state index contributed by atoms with van der Waals surface area (Å²) < 4.78 is 11.8. The van der Waals surface area contributed by atoms with E-state index in [0.29, 0.717) is 13.2 Å². The van der Waals surface area contributed by atoms with Crippen molar-refractivity contribution >= 4 is 18.3 Å². The normalized spacial score (nSPS) is 19.7. The molecule has 26 heavy (non-hydrogen) atoms. The average molecular weight is 383 g/mol. The van der Waals surface area contributed by atoms with E-state index >= 15 is 0 Å². The highest BCUT2D eigenvalue weighted by Crippen LogP contribution is 2.39. The van der Waals surface area contributed by atoms with Gasteiger partial charge in [-0.2, -0.15) is 0 Å². The maximum Gasteiger partial charge on any atom is 0.230 e. The summed E-state index contributed by atoms with van der Waals surface area (Å²) in [5.74, 6) is 1.85. The van der Waals surface area contributed by atoms with Gasteiger partial charge in [0.1, 0.15) is 6.10 Å². The van der Waals surface area contributed by atoms with Crippen molar-refractivity contribution in [3.05, 3.63) is 24.3 Å². The van der Waals surface area contributed by atoms with Gasteiger partial charge < -0.3 is 20.1 Å². The molecular weight excluding hydrogens is 352 g/mol. The third-order valence-corrected chi connectivity index (χ3v) is 5.58. The van der Waals surface area contributed by atoms with Gasteiger partial charge in [-0.15, -0.1) is 12.4 Å². The van der Waals surface area contributed by atoms with Gasteiger partial charge in [0.05, 0.1) is 12.0 Å². The maximum atomic E-state index is 12.9. The fourth-order valence-corrected chi connectivity index (χ4v) is 4.07. The zero-order valence-electron chi connectivity index (χ0n) is 15.6. The Morgan fingerprint density at radius 2 is 1.81 bits per heavy atom. The first-order valence-electron chi connectivity index (χ1n) is 9.56. The number of nitrogens with two attached hydrogens (primary N) is 1. The molecule has 1 aliphatic carbocycles. The molecular formula is C20H31ClN2O3. The third kappa shape index (κ3) is 4.44. The van der Waals surface area contributed by atoms with Gasteiger partial charge in [0.25, 0.3) is 0 Å². The quantitative estimate of drug-likeness (QED) is 0.818. The second-order valence-electron chi connectivity index (χ2n) is 7.18. The minimum Gasteiger partial charge on any atom is -0.490 e. The SMILES string of the molecule is CCOc1ccccc1OC1CCN(C(=O)C2(CN)CCCC2)CC1.Cl. The van der Waals surface area contributed by atoms with Crippen LogP contribution in [0.5, 0.6) is 11.5 Å².